The summed E-state index contributed by atoms with van der Waals surface area (Å²) >= 11 is 0. The predicted molar refractivity (Wildman–Crippen MR) is 72.0 cm³/mol. The number of piperidine rings is 1. The maximum Gasteiger partial charge on any atom is 0.306 e. The molecule has 0 saturated carbocycles. The first-order valence-corrected chi connectivity index (χ1v) is 6.64. The zero-order valence-corrected chi connectivity index (χ0v) is 11.1. The first-order valence-electron chi connectivity index (χ1n) is 6.64. The Kier molecular flexibility index (Phi) is 3.40. The summed E-state index contributed by atoms with van der Waals surface area (Å²) in [6, 6.07) is 2.03. The van der Waals surface area contributed by atoms with E-state index in [0.29, 0.717) is 31.7 Å². The van der Waals surface area contributed by atoms with Crippen molar-refractivity contribution >= 4 is 22.8 Å². The van der Waals surface area contributed by atoms with Gasteiger partial charge in [0.1, 0.15) is 5.82 Å². The van der Waals surface area contributed by atoms with E-state index in [1.54, 1.807) is 0 Å². The molecule has 0 spiro atoms. The highest BCUT2D eigenvalue weighted by molar-refractivity contribution is 5.76. The Hall–Kier alpha value is -2.31. The van der Waals surface area contributed by atoms with Crippen molar-refractivity contribution in [2.45, 2.75) is 12.8 Å². The lowest BCUT2D eigenvalue weighted by Gasteiger charge is -2.30. The third-order valence-electron chi connectivity index (χ3n) is 3.74. The second-order valence-electron chi connectivity index (χ2n) is 5.08. The van der Waals surface area contributed by atoms with Gasteiger partial charge in [0.15, 0.2) is 11.6 Å². The quantitative estimate of drug-likeness (QED) is 0.919. The maximum absolute atomic E-state index is 13.2. The van der Waals surface area contributed by atoms with Crippen LogP contribution in [0.4, 0.5) is 14.6 Å². The molecular formula is C14H13F2N3O2. The van der Waals surface area contributed by atoms with Gasteiger partial charge in [-0.25, -0.2) is 13.8 Å². The minimum absolute atomic E-state index is 0.284. The number of carboxylic acids is 1. The number of rotatable bonds is 2. The summed E-state index contributed by atoms with van der Waals surface area (Å²) in [4.78, 5) is 21.2. The molecule has 0 atom stereocenters. The highest BCUT2D eigenvalue weighted by atomic mass is 19.2. The van der Waals surface area contributed by atoms with Crippen molar-refractivity contribution in [1.29, 1.82) is 0 Å². The van der Waals surface area contributed by atoms with Crippen LogP contribution >= 0.6 is 0 Å². The smallest absolute Gasteiger partial charge is 0.306 e. The molecule has 3 rings (SSSR count). The van der Waals surface area contributed by atoms with Crippen LogP contribution in [0.2, 0.25) is 0 Å². The second-order valence-corrected chi connectivity index (χ2v) is 5.08. The largest absolute Gasteiger partial charge is 0.481 e. The molecule has 2 heterocycles. The van der Waals surface area contributed by atoms with Crippen LogP contribution in [0.3, 0.4) is 0 Å². The van der Waals surface area contributed by atoms with E-state index in [-0.39, 0.29) is 17.0 Å². The zero-order chi connectivity index (χ0) is 15.0. The number of aromatic nitrogens is 2. The monoisotopic (exact) mass is 293 g/mol. The molecule has 5 nitrogen and oxygen atoms in total. The molecule has 1 aromatic carbocycles. The van der Waals surface area contributed by atoms with Gasteiger partial charge in [0, 0.05) is 25.2 Å². The van der Waals surface area contributed by atoms with E-state index >= 15 is 0 Å². The Bertz CT molecular complexity index is 700. The van der Waals surface area contributed by atoms with Gasteiger partial charge in [-0.1, -0.05) is 0 Å². The predicted octanol–water partition coefficient (Wildman–Crippen LogP) is 2.21. The Morgan fingerprint density at radius 2 is 1.81 bits per heavy atom. The number of hydrogen-bond donors (Lipinski definition) is 1. The van der Waals surface area contributed by atoms with E-state index in [1.807, 2.05) is 4.90 Å². The average Bonchev–Trinajstić information content (AvgIpc) is 2.48. The third kappa shape index (κ3) is 2.63. The Balaban J connectivity index is 1.85. The van der Waals surface area contributed by atoms with Crippen LogP contribution < -0.4 is 4.90 Å². The van der Waals surface area contributed by atoms with Gasteiger partial charge in [-0.05, 0) is 12.8 Å². The standard InChI is InChI=1S/C14H13F2N3O2/c15-9-5-11-12(6-10(9)16)18-13(7-17-11)19-3-1-8(2-4-19)14(20)21/h5-8H,1-4H2,(H,20,21). The van der Waals surface area contributed by atoms with Crippen molar-refractivity contribution in [2.75, 3.05) is 18.0 Å². The Morgan fingerprint density at radius 1 is 1.19 bits per heavy atom. The van der Waals surface area contributed by atoms with E-state index in [0.717, 1.165) is 12.1 Å². The van der Waals surface area contributed by atoms with Crippen LogP contribution in [0.15, 0.2) is 18.3 Å². The molecule has 1 aliphatic rings. The molecule has 0 amide bonds. The van der Waals surface area contributed by atoms with Gasteiger partial charge in [-0.3, -0.25) is 9.78 Å². The molecule has 21 heavy (non-hydrogen) atoms. The van der Waals surface area contributed by atoms with Crippen molar-refractivity contribution in [1.82, 2.24) is 9.97 Å². The number of hydrogen-bond acceptors (Lipinski definition) is 4. The second kappa shape index (κ2) is 5.23. The SMILES string of the molecule is O=C(O)C1CCN(c2cnc3cc(F)c(F)cc3n2)CC1. The molecule has 0 aliphatic carbocycles. The lowest BCUT2D eigenvalue weighted by molar-refractivity contribution is -0.142. The van der Waals surface area contributed by atoms with Crippen molar-refractivity contribution in [3.63, 3.8) is 0 Å². The maximum atomic E-state index is 13.2. The van der Waals surface area contributed by atoms with Gasteiger partial charge in [0.2, 0.25) is 0 Å². The topological polar surface area (TPSA) is 66.3 Å². The minimum atomic E-state index is -0.960. The average molecular weight is 293 g/mol. The van der Waals surface area contributed by atoms with Crippen LogP contribution in [-0.4, -0.2) is 34.1 Å². The molecular weight excluding hydrogens is 280 g/mol. The number of carboxylic acid groups (broad SMARTS) is 1. The molecule has 1 N–H and O–H groups in total. The van der Waals surface area contributed by atoms with Crippen LogP contribution in [0, 0.1) is 17.6 Å². The van der Waals surface area contributed by atoms with Gasteiger partial charge in [0.25, 0.3) is 0 Å². The highest BCUT2D eigenvalue weighted by Crippen LogP contribution is 2.23. The van der Waals surface area contributed by atoms with E-state index in [4.69, 9.17) is 5.11 Å². The number of fused-ring (bicyclic) bond motifs is 1. The van der Waals surface area contributed by atoms with E-state index < -0.39 is 17.6 Å². The summed E-state index contributed by atoms with van der Waals surface area (Å²) in [5.41, 5.74) is 0.574. The number of aliphatic carboxylic acids is 1. The summed E-state index contributed by atoms with van der Waals surface area (Å²) in [7, 11) is 0. The third-order valence-corrected chi connectivity index (χ3v) is 3.74. The molecule has 0 radical (unpaired) electrons. The minimum Gasteiger partial charge on any atom is -0.481 e. The molecule has 2 aromatic rings. The van der Waals surface area contributed by atoms with Crippen LogP contribution in [0.1, 0.15) is 12.8 Å². The molecule has 1 aromatic heterocycles. The van der Waals surface area contributed by atoms with Crippen LogP contribution in [0.25, 0.3) is 11.0 Å². The first-order chi connectivity index (χ1) is 10.0. The number of nitrogens with zero attached hydrogens (tertiary/aromatic N) is 3. The van der Waals surface area contributed by atoms with Gasteiger partial charge < -0.3 is 10.0 Å². The first kappa shape index (κ1) is 13.7. The van der Waals surface area contributed by atoms with Gasteiger partial charge >= 0.3 is 5.97 Å². The van der Waals surface area contributed by atoms with Gasteiger partial charge in [0.05, 0.1) is 23.1 Å². The highest BCUT2D eigenvalue weighted by Gasteiger charge is 2.25. The van der Waals surface area contributed by atoms with Gasteiger partial charge in [-0.2, -0.15) is 0 Å². The number of carbonyl (C=O) groups is 1. The molecule has 0 unspecified atom stereocenters. The van der Waals surface area contributed by atoms with E-state index in [2.05, 4.69) is 9.97 Å². The molecule has 1 saturated heterocycles. The van der Waals surface area contributed by atoms with Crippen molar-refractivity contribution < 1.29 is 18.7 Å². The fourth-order valence-electron chi connectivity index (χ4n) is 2.51. The molecule has 0 bridgehead atoms. The van der Waals surface area contributed by atoms with Crippen molar-refractivity contribution in [3.8, 4) is 0 Å². The lowest BCUT2D eigenvalue weighted by atomic mass is 9.97. The number of anilines is 1. The number of benzene rings is 1. The van der Waals surface area contributed by atoms with Gasteiger partial charge in [-0.15, -0.1) is 0 Å². The summed E-state index contributed by atoms with van der Waals surface area (Å²) in [5, 5.41) is 8.97. The van der Waals surface area contributed by atoms with Crippen LogP contribution in [-0.2, 0) is 4.79 Å². The normalized spacial score (nSPS) is 16.4. The lowest BCUT2D eigenvalue weighted by Crippen LogP contribution is -2.36. The van der Waals surface area contributed by atoms with E-state index in [1.165, 1.54) is 6.20 Å². The summed E-state index contributed by atoms with van der Waals surface area (Å²) in [6.07, 6.45) is 2.57. The van der Waals surface area contributed by atoms with E-state index in [9.17, 15) is 13.6 Å². The fourth-order valence-corrected chi connectivity index (χ4v) is 2.51. The summed E-state index contributed by atoms with van der Waals surface area (Å²) < 4.78 is 26.4. The zero-order valence-electron chi connectivity index (χ0n) is 11.1. The summed E-state index contributed by atoms with van der Waals surface area (Å²) in [6.45, 7) is 1.11. The molecule has 7 heteroatoms. The van der Waals surface area contributed by atoms with Crippen LogP contribution in [0.5, 0.6) is 0 Å². The molecule has 110 valence electrons. The summed E-state index contributed by atoms with van der Waals surface area (Å²) in [5.74, 6) is -2.47. The van der Waals surface area contributed by atoms with Crippen molar-refractivity contribution in [3.05, 3.63) is 30.0 Å². The van der Waals surface area contributed by atoms with Crippen molar-refractivity contribution in [2.24, 2.45) is 5.92 Å². The number of halogens is 2. The fraction of sp³-hybridized carbons (Fsp3) is 0.357. The molecule has 1 fully saturated rings. The Morgan fingerprint density at radius 3 is 2.43 bits per heavy atom. The Labute approximate surface area is 119 Å². The molecule has 1 aliphatic heterocycles.